The molecular weight excluding hydrogens is 254 g/mol. The predicted octanol–water partition coefficient (Wildman–Crippen LogP) is 3.65. The molecule has 0 bridgehead atoms. The molecule has 0 amide bonds. The van der Waals surface area contributed by atoms with E-state index in [4.69, 9.17) is 0 Å². The van der Waals surface area contributed by atoms with Crippen molar-refractivity contribution in [2.75, 3.05) is 25.0 Å². The normalized spacial score (nSPS) is 10.8. The van der Waals surface area contributed by atoms with Crippen LogP contribution in [0.4, 0.5) is 11.4 Å². The fourth-order valence-electron chi connectivity index (χ4n) is 2.33. The summed E-state index contributed by atoms with van der Waals surface area (Å²) in [6.45, 7) is 9.74. The molecule has 0 aliphatic rings. The van der Waals surface area contributed by atoms with Gasteiger partial charge in [-0.2, -0.15) is 0 Å². The van der Waals surface area contributed by atoms with E-state index >= 15 is 0 Å². The summed E-state index contributed by atoms with van der Waals surface area (Å²) in [5.74, 6) is 0. The van der Waals surface area contributed by atoms with E-state index in [0.717, 1.165) is 38.0 Å². The highest BCUT2D eigenvalue weighted by molar-refractivity contribution is 5.62. The lowest BCUT2D eigenvalue weighted by Gasteiger charge is -2.21. The Kier molecular flexibility index (Phi) is 7.01. The lowest BCUT2D eigenvalue weighted by molar-refractivity contribution is -0.384. The van der Waals surface area contributed by atoms with E-state index in [0.29, 0.717) is 12.2 Å². The second-order valence-electron chi connectivity index (χ2n) is 4.92. The molecule has 112 valence electrons. The van der Waals surface area contributed by atoms with Gasteiger partial charge in [0, 0.05) is 19.2 Å². The summed E-state index contributed by atoms with van der Waals surface area (Å²) in [6.07, 6.45) is 2.19. The summed E-state index contributed by atoms with van der Waals surface area (Å²) in [6, 6.07) is 5.48. The maximum absolute atomic E-state index is 11.1. The molecule has 0 aromatic heterocycles. The molecule has 0 aliphatic carbocycles. The van der Waals surface area contributed by atoms with Gasteiger partial charge < -0.3 is 5.32 Å². The van der Waals surface area contributed by atoms with Crippen molar-refractivity contribution in [3.05, 3.63) is 33.9 Å². The third kappa shape index (κ3) is 4.81. The topological polar surface area (TPSA) is 58.4 Å². The van der Waals surface area contributed by atoms with Gasteiger partial charge in [-0.05, 0) is 44.5 Å². The van der Waals surface area contributed by atoms with E-state index in [2.05, 4.69) is 24.1 Å². The van der Waals surface area contributed by atoms with Gasteiger partial charge in [0.1, 0.15) is 5.69 Å². The highest BCUT2D eigenvalue weighted by Gasteiger charge is 2.15. The minimum absolute atomic E-state index is 0.164. The van der Waals surface area contributed by atoms with Crippen molar-refractivity contribution in [2.45, 2.75) is 40.2 Å². The summed E-state index contributed by atoms with van der Waals surface area (Å²) in [4.78, 5) is 13.2. The van der Waals surface area contributed by atoms with Crippen LogP contribution >= 0.6 is 0 Å². The van der Waals surface area contributed by atoms with Crippen LogP contribution in [0.3, 0.4) is 0 Å². The number of nitrogens with one attached hydrogen (secondary N) is 1. The summed E-state index contributed by atoms with van der Waals surface area (Å²) >= 11 is 0. The van der Waals surface area contributed by atoms with Crippen molar-refractivity contribution in [1.82, 2.24) is 4.90 Å². The Labute approximate surface area is 121 Å². The molecule has 0 heterocycles. The van der Waals surface area contributed by atoms with E-state index < -0.39 is 0 Å². The van der Waals surface area contributed by atoms with Crippen molar-refractivity contribution in [2.24, 2.45) is 0 Å². The molecule has 1 rings (SSSR count). The molecule has 0 fully saturated rings. The number of hydrogen-bond donors (Lipinski definition) is 1. The molecule has 0 unspecified atom stereocenters. The molecule has 5 heteroatoms. The third-order valence-corrected chi connectivity index (χ3v) is 3.11. The van der Waals surface area contributed by atoms with Crippen LogP contribution in [0.25, 0.3) is 0 Å². The van der Waals surface area contributed by atoms with Crippen molar-refractivity contribution >= 4 is 11.4 Å². The Morgan fingerprint density at radius 2 is 1.85 bits per heavy atom. The average Bonchev–Trinajstić information content (AvgIpc) is 2.41. The highest BCUT2D eigenvalue weighted by atomic mass is 16.6. The van der Waals surface area contributed by atoms with Gasteiger partial charge in [-0.25, -0.2) is 0 Å². The van der Waals surface area contributed by atoms with Crippen LogP contribution in [0.5, 0.6) is 0 Å². The first-order valence-corrected chi connectivity index (χ1v) is 7.35. The molecule has 0 aliphatic heterocycles. The first-order valence-electron chi connectivity index (χ1n) is 7.35. The second-order valence-corrected chi connectivity index (χ2v) is 4.92. The van der Waals surface area contributed by atoms with E-state index in [9.17, 15) is 10.1 Å². The summed E-state index contributed by atoms with van der Waals surface area (Å²) in [5.41, 5.74) is 1.76. The average molecular weight is 279 g/mol. The van der Waals surface area contributed by atoms with Gasteiger partial charge in [0.25, 0.3) is 5.69 Å². The van der Waals surface area contributed by atoms with Crippen molar-refractivity contribution in [3.63, 3.8) is 0 Å². The Hall–Kier alpha value is -1.62. The van der Waals surface area contributed by atoms with E-state index in [1.807, 2.05) is 19.1 Å². The predicted molar refractivity (Wildman–Crippen MR) is 83.1 cm³/mol. The first kappa shape index (κ1) is 16.4. The Morgan fingerprint density at radius 3 is 2.35 bits per heavy atom. The molecule has 0 saturated carbocycles. The molecule has 0 spiro atoms. The van der Waals surface area contributed by atoms with Crippen molar-refractivity contribution in [3.8, 4) is 0 Å². The van der Waals surface area contributed by atoms with Gasteiger partial charge in [-0.3, -0.25) is 15.0 Å². The minimum atomic E-state index is -0.314. The number of nitro benzene ring substituents is 1. The van der Waals surface area contributed by atoms with E-state index in [1.165, 1.54) is 0 Å². The van der Waals surface area contributed by atoms with Crippen LogP contribution in [0.2, 0.25) is 0 Å². The molecule has 1 aromatic rings. The zero-order chi connectivity index (χ0) is 15.0. The first-order chi connectivity index (χ1) is 9.62. The highest BCUT2D eigenvalue weighted by Crippen LogP contribution is 2.26. The summed E-state index contributed by atoms with van der Waals surface area (Å²) in [7, 11) is 0. The van der Waals surface area contributed by atoms with Crippen molar-refractivity contribution in [1.29, 1.82) is 0 Å². The lowest BCUT2D eigenvalue weighted by Crippen LogP contribution is -2.24. The van der Waals surface area contributed by atoms with Crippen LogP contribution in [-0.2, 0) is 6.54 Å². The van der Waals surface area contributed by atoms with E-state index in [-0.39, 0.29) is 10.6 Å². The smallest absolute Gasteiger partial charge is 0.292 e. The maximum Gasteiger partial charge on any atom is 0.292 e. The van der Waals surface area contributed by atoms with Crippen LogP contribution in [0, 0.1) is 10.1 Å². The van der Waals surface area contributed by atoms with Gasteiger partial charge in [-0.15, -0.1) is 0 Å². The molecule has 5 nitrogen and oxygen atoms in total. The number of nitro groups is 1. The molecule has 0 atom stereocenters. The second kappa shape index (κ2) is 8.53. The molecular formula is C15H25N3O2. The van der Waals surface area contributed by atoms with Gasteiger partial charge >= 0.3 is 0 Å². The number of anilines is 1. The number of hydrogen-bond acceptors (Lipinski definition) is 4. The van der Waals surface area contributed by atoms with Gasteiger partial charge in [-0.1, -0.05) is 19.9 Å². The Balaban J connectivity index is 2.89. The zero-order valence-corrected chi connectivity index (χ0v) is 12.7. The zero-order valence-electron chi connectivity index (χ0n) is 12.7. The van der Waals surface area contributed by atoms with Crippen molar-refractivity contribution < 1.29 is 4.92 Å². The SMILES string of the molecule is CCCN(CCC)Cc1ccc(NCC)c([N+](=O)[O-])c1. The monoisotopic (exact) mass is 279 g/mol. The largest absolute Gasteiger partial charge is 0.380 e. The molecule has 0 saturated heterocycles. The van der Waals surface area contributed by atoms with Crippen LogP contribution < -0.4 is 5.32 Å². The molecule has 0 radical (unpaired) electrons. The van der Waals surface area contributed by atoms with Crippen LogP contribution in [0.15, 0.2) is 18.2 Å². The van der Waals surface area contributed by atoms with Crippen LogP contribution in [0.1, 0.15) is 39.2 Å². The quantitative estimate of drug-likeness (QED) is 0.553. The Morgan fingerprint density at radius 1 is 1.20 bits per heavy atom. The number of rotatable bonds is 9. The summed E-state index contributed by atoms with van der Waals surface area (Å²) in [5, 5.41) is 14.2. The Bertz CT molecular complexity index is 429. The minimum Gasteiger partial charge on any atom is -0.380 e. The maximum atomic E-state index is 11.1. The van der Waals surface area contributed by atoms with Gasteiger partial charge in [0.15, 0.2) is 0 Å². The standard InChI is InChI=1S/C15H25N3O2/c1-4-9-17(10-5-2)12-13-7-8-14(16-6-3)15(11-13)18(19)20/h7-8,11,16H,4-6,9-10,12H2,1-3H3. The molecule has 1 aromatic carbocycles. The number of nitrogens with zero attached hydrogens (tertiary/aromatic N) is 2. The third-order valence-electron chi connectivity index (χ3n) is 3.11. The fourth-order valence-corrected chi connectivity index (χ4v) is 2.33. The lowest BCUT2D eigenvalue weighted by atomic mass is 10.1. The summed E-state index contributed by atoms with van der Waals surface area (Å²) < 4.78 is 0. The van der Waals surface area contributed by atoms with Gasteiger partial charge in [0.05, 0.1) is 4.92 Å². The van der Waals surface area contributed by atoms with E-state index in [1.54, 1.807) is 6.07 Å². The van der Waals surface area contributed by atoms with Gasteiger partial charge in [0.2, 0.25) is 0 Å². The molecule has 1 N–H and O–H groups in total. The number of benzene rings is 1. The van der Waals surface area contributed by atoms with Crippen LogP contribution in [-0.4, -0.2) is 29.5 Å². The fraction of sp³-hybridized carbons (Fsp3) is 0.600. The molecule has 20 heavy (non-hydrogen) atoms.